The number of sulfonamides is 2. The minimum Gasteiger partial charge on any atom is -0.323 e. The molecule has 11 heteroatoms. The summed E-state index contributed by atoms with van der Waals surface area (Å²) in [5, 5.41) is 2.64. The van der Waals surface area contributed by atoms with Crippen molar-refractivity contribution in [3.63, 3.8) is 0 Å². The van der Waals surface area contributed by atoms with E-state index in [1.807, 2.05) is 0 Å². The molecule has 0 aliphatic carbocycles. The SMILES string of the molecule is CN(C)S(=O)(=O)c1ccc(N(CC(=O)Nc2ccccc2Br)S(C)(=O)=O)cc1. The maximum Gasteiger partial charge on any atom is 0.245 e. The Bertz CT molecular complexity index is 1070. The number of nitrogens with zero attached hydrogens (tertiary/aromatic N) is 2. The quantitative estimate of drug-likeness (QED) is 0.641. The number of nitrogens with one attached hydrogen (secondary N) is 1. The van der Waals surface area contributed by atoms with Crippen LogP contribution in [-0.2, 0) is 24.8 Å². The molecule has 28 heavy (non-hydrogen) atoms. The van der Waals surface area contributed by atoms with Crippen LogP contribution < -0.4 is 9.62 Å². The van der Waals surface area contributed by atoms with E-state index < -0.39 is 32.5 Å². The van der Waals surface area contributed by atoms with E-state index in [-0.39, 0.29) is 10.6 Å². The summed E-state index contributed by atoms with van der Waals surface area (Å²) in [5.74, 6) is -0.540. The van der Waals surface area contributed by atoms with Crippen LogP contribution in [0.3, 0.4) is 0 Å². The van der Waals surface area contributed by atoms with E-state index in [0.717, 1.165) is 14.9 Å². The van der Waals surface area contributed by atoms with Crippen molar-refractivity contribution in [3.8, 4) is 0 Å². The molecule has 0 unspecified atom stereocenters. The van der Waals surface area contributed by atoms with Crippen LogP contribution in [0, 0.1) is 0 Å². The van der Waals surface area contributed by atoms with Gasteiger partial charge in [-0.1, -0.05) is 12.1 Å². The minimum atomic E-state index is -3.78. The van der Waals surface area contributed by atoms with Crippen molar-refractivity contribution in [2.24, 2.45) is 0 Å². The van der Waals surface area contributed by atoms with E-state index in [0.29, 0.717) is 10.2 Å². The zero-order chi connectivity index (χ0) is 21.1. The Balaban J connectivity index is 2.28. The maximum atomic E-state index is 12.4. The first-order valence-corrected chi connectivity index (χ1v) is 12.1. The number of carbonyl (C=O) groups excluding carboxylic acids is 1. The molecular formula is C17H20BrN3O5S2. The highest BCUT2D eigenvalue weighted by atomic mass is 79.9. The van der Waals surface area contributed by atoms with Crippen molar-refractivity contribution < 1.29 is 21.6 Å². The average Bonchev–Trinajstić information content (AvgIpc) is 2.61. The third kappa shape index (κ3) is 5.31. The van der Waals surface area contributed by atoms with Crippen molar-refractivity contribution in [1.29, 1.82) is 0 Å². The molecule has 152 valence electrons. The lowest BCUT2D eigenvalue weighted by molar-refractivity contribution is -0.114. The second-order valence-corrected chi connectivity index (χ2v) is 11.0. The van der Waals surface area contributed by atoms with Crippen molar-refractivity contribution >= 4 is 53.3 Å². The van der Waals surface area contributed by atoms with Gasteiger partial charge in [0.15, 0.2) is 0 Å². The molecule has 1 N–H and O–H groups in total. The average molecular weight is 490 g/mol. The summed E-state index contributed by atoms with van der Waals surface area (Å²) in [6, 6.07) is 12.2. The molecule has 0 bridgehead atoms. The number of benzene rings is 2. The first kappa shape index (κ1) is 22.3. The molecule has 0 saturated carbocycles. The molecular weight excluding hydrogens is 470 g/mol. The summed E-state index contributed by atoms with van der Waals surface area (Å²) in [7, 11) is -4.62. The van der Waals surface area contributed by atoms with E-state index >= 15 is 0 Å². The molecule has 0 radical (unpaired) electrons. The van der Waals surface area contributed by atoms with Crippen LogP contribution in [0.5, 0.6) is 0 Å². The van der Waals surface area contributed by atoms with Crippen LogP contribution in [0.25, 0.3) is 0 Å². The number of anilines is 2. The number of hydrogen-bond acceptors (Lipinski definition) is 5. The van der Waals surface area contributed by atoms with E-state index in [1.165, 1.54) is 38.4 Å². The topological polar surface area (TPSA) is 104 Å². The van der Waals surface area contributed by atoms with Gasteiger partial charge in [0.2, 0.25) is 26.0 Å². The molecule has 2 rings (SSSR count). The standard InChI is InChI=1S/C17H20BrN3O5S2/c1-20(2)28(25,26)14-10-8-13(9-11-14)21(27(3,23)24)12-17(22)19-16-7-5-4-6-15(16)18/h4-11H,12H2,1-3H3,(H,19,22). The Labute approximate surface area is 173 Å². The number of amides is 1. The highest BCUT2D eigenvalue weighted by Crippen LogP contribution is 2.23. The van der Waals surface area contributed by atoms with Crippen molar-refractivity contribution in [1.82, 2.24) is 4.31 Å². The van der Waals surface area contributed by atoms with Crippen molar-refractivity contribution in [2.45, 2.75) is 4.90 Å². The third-order valence-electron chi connectivity index (χ3n) is 3.74. The molecule has 1 amide bonds. The van der Waals surface area contributed by atoms with Gasteiger partial charge in [0.05, 0.1) is 22.5 Å². The minimum absolute atomic E-state index is 0.0207. The van der Waals surface area contributed by atoms with Crippen LogP contribution in [0.4, 0.5) is 11.4 Å². The van der Waals surface area contributed by atoms with Crippen molar-refractivity contribution in [3.05, 3.63) is 53.0 Å². The van der Waals surface area contributed by atoms with Gasteiger partial charge in [-0.15, -0.1) is 0 Å². The van der Waals surface area contributed by atoms with Gasteiger partial charge in [-0.05, 0) is 52.3 Å². The fraction of sp³-hybridized carbons (Fsp3) is 0.235. The Hall–Kier alpha value is -1.95. The van der Waals surface area contributed by atoms with Crippen LogP contribution in [0.1, 0.15) is 0 Å². The normalized spacial score (nSPS) is 12.0. The van der Waals surface area contributed by atoms with Gasteiger partial charge in [0, 0.05) is 18.6 Å². The third-order valence-corrected chi connectivity index (χ3v) is 7.40. The fourth-order valence-corrected chi connectivity index (χ4v) is 4.42. The molecule has 0 aliphatic rings. The smallest absolute Gasteiger partial charge is 0.245 e. The lowest BCUT2D eigenvalue weighted by Gasteiger charge is -2.22. The van der Waals surface area contributed by atoms with Crippen LogP contribution >= 0.6 is 15.9 Å². The molecule has 2 aromatic rings. The fourth-order valence-electron chi connectivity index (χ4n) is 2.28. The highest BCUT2D eigenvalue weighted by Gasteiger charge is 2.23. The first-order valence-electron chi connectivity index (χ1n) is 7.97. The second-order valence-electron chi connectivity index (χ2n) is 6.08. The zero-order valence-corrected chi connectivity index (χ0v) is 18.7. The Kier molecular flexibility index (Phi) is 6.86. The summed E-state index contributed by atoms with van der Waals surface area (Å²) in [5.41, 5.74) is 0.691. The monoisotopic (exact) mass is 489 g/mol. The van der Waals surface area contributed by atoms with Gasteiger partial charge in [0.1, 0.15) is 6.54 Å². The summed E-state index contributed by atoms with van der Waals surface area (Å²) in [6.45, 7) is -0.458. The van der Waals surface area contributed by atoms with Gasteiger partial charge in [-0.25, -0.2) is 21.1 Å². The summed E-state index contributed by atoms with van der Waals surface area (Å²) in [6.07, 6.45) is 0.975. The zero-order valence-electron chi connectivity index (χ0n) is 15.5. The molecule has 0 aliphatic heterocycles. The number of carbonyl (C=O) groups is 1. The van der Waals surface area contributed by atoms with Gasteiger partial charge in [0.25, 0.3) is 0 Å². The van der Waals surface area contributed by atoms with E-state index in [4.69, 9.17) is 0 Å². The molecule has 0 fully saturated rings. The largest absolute Gasteiger partial charge is 0.323 e. The molecule has 0 spiro atoms. The predicted molar refractivity (Wildman–Crippen MR) is 112 cm³/mol. The van der Waals surface area contributed by atoms with E-state index in [9.17, 15) is 21.6 Å². The van der Waals surface area contributed by atoms with Crippen LogP contribution in [0.2, 0.25) is 0 Å². The van der Waals surface area contributed by atoms with Gasteiger partial charge in [-0.2, -0.15) is 0 Å². The molecule has 0 saturated heterocycles. The Morgan fingerprint density at radius 2 is 1.57 bits per heavy atom. The van der Waals surface area contributed by atoms with E-state index in [2.05, 4.69) is 21.2 Å². The number of rotatable bonds is 7. The highest BCUT2D eigenvalue weighted by molar-refractivity contribution is 9.10. The molecule has 2 aromatic carbocycles. The number of hydrogen-bond donors (Lipinski definition) is 1. The van der Waals surface area contributed by atoms with Gasteiger partial charge in [-0.3, -0.25) is 9.10 Å². The maximum absolute atomic E-state index is 12.4. The van der Waals surface area contributed by atoms with E-state index in [1.54, 1.807) is 24.3 Å². The van der Waals surface area contributed by atoms with Gasteiger partial charge < -0.3 is 5.32 Å². The number of halogens is 1. The second kappa shape index (κ2) is 8.60. The number of para-hydroxylation sites is 1. The lowest BCUT2D eigenvalue weighted by atomic mass is 10.3. The summed E-state index contributed by atoms with van der Waals surface area (Å²) >= 11 is 3.31. The molecule has 8 nitrogen and oxygen atoms in total. The lowest BCUT2D eigenvalue weighted by Crippen LogP contribution is -2.37. The van der Waals surface area contributed by atoms with Crippen molar-refractivity contribution in [2.75, 3.05) is 36.5 Å². The Morgan fingerprint density at radius 3 is 2.07 bits per heavy atom. The molecule has 0 heterocycles. The van der Waals surface area contributed by atoms with Crippen LogP contribution in [-0.4, -0.2) is 53.9 Å². The molecule has 0 atom stereocenters. The first-order chi connectivity index (χ1) is 12.9. The van der Waals surface area contributed by atoms with Crippen LogP contribution in [0.15, 0.2) is 57.9 Å². The Morgan fingerprint density at radius 1 is 1.00 bits per heavy atom. The summed E-state index contributed by atoms with van der Waals surface area (Å²) < 4.78 is 51.3. The van der Waals surface area contributed by atoms with Gasteiger partial charge >= 0.3 is 0 Å². The summed E-state index contributed by atoms with van der Waals surface area (Å²) in [4.78, 5) is 12.4. The predicted octanol–water partition coefficient (Wildman–Crippen LogP) is 2.10. The molecule has 0 aromatic heterocycles.